The quantitative estimate of drug-likeness (QED) is 0.766. The van der Waals surface area contributed by atoms with E-state index in [0.717, 1.165) is 0 Å². The average molecular weight is 227 g/mol. The van der Waals surface area contributed by atoms with Crippen LogP contribution in [0, 0.1) is 0 Å². The Morgan fingerprint density at radius 1 is 1.38 bits per heavy atom. The van der Waals surface area contributed by atoms with Crippen molar-refractivity contribution >= 4 is 0 Å². The van der Waals surface area contributed by atoms with Gasteiger partial charge in [-0.3, -0.25) is 0 Å². The first-order chi connectivity index (χ1) is 7.56. The monoisotopic (exact) mass is 227 g/mol. The lowest BCUT2D eigenvalue weighted by molar-refractivity contribution is 0.206. The maximum absolute atomic E-state index is 3.68. The van der Waals surface area contributed by atoms with E-state index in [2.05, 4.69) is 43.1 Å². The lowest BCUT2D eigenvalue weighted by Crippen LogP contribution is -2.48. The van der Waals surface area contributed by atoms with Crippen molar-refractivity contribution in [1.29, 1.82) is 0 Å². The highest BCUT2D eigenvalue weighted by molar-refractivity contribution is 4.87. The molecule has 1 fully saturated rings. The van der Waals surface area contributed by atoms with Crippen LogP contribution in [0.4, 0.5) is 0 Å². The van der Waals surface area contributed by atoms with Crippen LogP contribution in [0.2, 0.25) is 0 Å². The summed E-state index contributed by atoms with van der Waals surface area (Å²) in [5, 5.41) is 3.68. The van der Waals surface area contributed by atoms with Crippen LogP contribution in [0.3, 0.4) is 0 Å². The minimum atomic E-state index is 0.328. The summed E-state index contributed by atoms with van der Waals surface area (Å²) in [5.74, 6) is 0. The van der Waals surface area contributed by atoms with Crippen LogP contribution in [0.15, 0.2) is 0 Å². The molecule has 1 rings (SSSR count). The fraction of sp³-hybridized carbons (Fsp3) is 1.00. The zero-order valence-corrected chi connectivity index (χ0v) is 11.6. The Labute approximate surface area is 101 Å². The lowest BCUT2D eigenvalue weighted by Gasteiger charge is -2.32. The summed E-state index contributed by atoms with van der Waals surface area (Å²) in [4.78, 5) is 4.90. The summed E-state index contributed by atoms with van der Waals surface area (Å²) >= 11 is 0. The molecule has 0 aromatic heterocycles. The summed E-state index contributed by atoms with van der Waals surface area (Å²) in [6, 6.07) is 0. The molecule has 1 unspecified atom stereocenters. The van der Waals surface area contributed by atoms with Gasteiger partial charge in [0.05, 0.1) is 0 Å². The Hall–Kier alpha value is -0.120. The molecule has 3 nitrogen and oxygen atoms in total. The molecule has 16 heavy (non-hydrogen) atoms. The van der Waals surface area contributed by atoms with Crippen molar-refractivity contribution < 1.29 is 0 Å². The second-order valence-corrected chi connectivity index (χ2v) is 5.63. The lowest BCUT2D eigenvalue weighted by atomic mass is 9.98. The van der Waals surface area contributed by atoms with Gasteiger partial charge in [-0.2, -0.15) is 0 Å². The first-order valence-electron chi connectivity index (χ1n) is 6.68. The van der Waals surface area contributed by atoms with E-state index in [1.807, 2.05) is 0 Å². The third-order valence-corrected chi connectivity index (χ3v) is 3.64. The van der Waals surface area contributed by atoms with Crippen molar-refractivity contribution in [2.75, 3.05) is 46.8 Å². The predicted octanol–water partition coefficient (Wildman–Crippen LogP) is 1.40. The largest absolute Gasteiger partial charge is 0.310 e. The molecule has 3 heteroatoms. The third kappa shape index (κ3) is 4.81. The number of hydrogen-bond donors (Lipinski definition) is 1. The van der Waals surface area contributed by atoms with Gasteiger partial charge in [-0.1, -0.05) is 6.92 Å². The second kappa shape index (κ2) is 6.58. The number of hydrogen-bond acceptors (Lipinski definition) is 3. The van der Waals surface area contributed by atoms with Gasteiger partial charge < -0.3 is 15.1 Å². The Kier molecular flexibility index (Phi) is 5.73. The number of nitrogens with zero attached hydrogens (tertiary/aromatic N) is 2. The Morgan fingerprint density at radius 2 is 2.12 bits per heavy atom. The molecule has 1 saturated heterocycles. The molecule has 1 aliphatic rings. The van der Waals surface area contributed by atoms with Crippen molar-refractivity contribution in [3.05, 3.63) is 0 Å². The van der Waals surface area contributed by atoms with Crippen LogP contribution >= 0.6 is 0 Å². The highest BCUT2D eigenvalue weighted by Crippen LogP contribution is 2.15. The summed E-state index contributed by atoms with van der Waals surface area (Å²) in [7, 11) is 4.31. The molecule has 1 aliphatic heterocycles. The van der Waals surface area contributed by atoms with Gasteiger partial charge in [-0.15, -0.1) is 0 Å². The molecule has 1 heterocycles. The van der Waals surface area contributed by atoms with Crippen LogP contribution in [0.25, 0.3) is 0 Å². The van der Waals surface area contributed by atoms with E-state index in [1.165, 1.54) is 52.0 Å². The van der Waals surface area contributed by atoms with Gasteiger partial charge in [0.1, 0.15) is 0 Å². The van der Waals surface area contributed by atoms with Crippen LogP contribution in [0.5, 0.6) is 0 Å². The molecular weight excluding hydrogens is 198 g/mol. The van der Waals surface area contributed by atoms with E-state index in [0.29, 0.717) is 5.54 Å². The SMILES string of the molecule is CCC1(C)CN(CCCN(C)C)CCCN1. The maximum Gasteiger partial charge on any atom is 0.0277 e. The van der Waals surface area contributed by atoms with Crippen LogP contribution in [-0.2, 0) is 0 Å². The molecule has 0 spiro atoms. The first kappa shape index (κ1) is 13.9. The number of rotatable bonds is 5. The molecular formula is C13H29N3. The van der Waals surface area contributed by atoms with Crippen LogP contribution in [-0.4, -0.2) is 62.2 Å². The minimum Gasteiger partial charge on any atom is -0.310 e. The van der Waals surface area contributed by atoms with E-state index in [9.17, 15) is 0 Å². The van der Waals surface area contributed by atoms with E-state index >= 15 is 0 Å². The minimum absolute atomic E-state index is 0.328. The van der Waals surface area contributed by atoms with Crippen molar-refractivity contribution in [3.8, 4) is 0 Å². The third-order valence-electron chi connectivity index (χ3n) is 3.64. The standard InChI is InChI=1S/C13H29N3/c1-5-13(2)12-16(10-6-8-14-13)11-7-9-15(3)4/h14H,5-12H2,1-4H3. The van der Waals surface area contributed by atoms with E-state index in [1.54, 1.807) is 0 Å². The molecule has 0 aliphatic carbocycles. The first-order valence-corrected chi connectivity index (χ1v) is 6.68. The fourth-order valence-electron chi connectivity index (χ4n) is 2.36. The molecule has 1 N–H and O–H groups in total. The van der Waals surface area contributed by atoms with Crippen molar-refractivity contribution in [3.63, 3.8) is 0 Å². The average Bonchev–Trinajstić information content (AvgIpc) is 2.41. The van der Waals surface area contributed by atoms with Gasteiger partial charge in [0, 0.05) is 12.1 Å². The summed E-state index contributed by atoms with van der Waals surface area (Å²) < 4.78 is 0. The summed E-state index contributed by atoms with van der Waals surface area (Å²) in [6.07, 6.45) is 3.79. The Balaban J connectivity index is 2.34. The molecule has 0 radical (unpaired) electrons. The Bertz CT molecular complexity index is 194. The predicted molar refractivity (Wildman–Crippen MR) is 70.9 cm³/mol. The zero-order chi connectivity index (χ0) is 12.0. The number of nitrogens with one attached hydrogen (secondary N) is 1. The van der Waals surface area contributed by atoms with E-state index in [4.69, 9.17) is 0 Å². The van der Waals surface area contributed by atoms with Gasteiger partial charge in [0.15, 0.2) is 0 Å². The molecule has 0 aromatic rings. The van der Waals surface area contributed by atoms with Gasteiger partial charge in [0.2, 0.25) is 0 Å². The van der Waals surface area contributed by atoms with Gasteiger partial charge in [-0.05, 0) is 66.5 Å². The van der Waals surface area contributed by atoms with Crippen molar-refractivity contribution in [2.45, 2.75) is 38.6 Å². The summed E-state index contributed by atoms with van der Waals surface area (Å²) in [6.45, 7) is 10.7. The topological polar surface area (TPSA) is 18.5 Å². The van der Waals surface area contributed by atoms with Crippen molar-refractivity contribution in [2.24, 2.45) is 0 Å². The van der Waals surface area contributed by atoms with Gasteiger partial charge in [-0.25, -0.2) is 0 Å². The maximum atomic E-state index is 3.68. The highest BCUT2D eigenvalue weighted by Gasteiger charge is 2.26. The fourth-order valence-corrected chi connectivity index (χ4v) is 2.36. The molecule has 0 amide bonds. The summed E-state index contributed by atoms with van der Waals surface area (Å²) in [5.41, 5.74) is 0.328. The normalized spacial score (nSPS) is 28.3. The van der Waals surface area contributed by atoms with Gasteiger partial charge >= 0.3 is 0 Å². The Morgan fingerprint density at radius 3 is 2.75 bits per heavy atom. The molecule has 1 atom stereocenters. The van der Waals surface area contributed by atoms with E-state index < -0.39 is 0 Å². The highest BCUT2D eigenvalue weighted by atomic mass is 15.2. The molecule has 0 saturated carbocycles. The zero-order valence-electron chi connectivity index (χ0n) is 11.6. The van der Waals surface area contributed by atoms with E-state index in [-0.39, 0.29) is 0 Å². The molecule has 0 bridgehead atoms. The smallest absolute Gasteiger partial charge is 0.0277 e. The molecule has 96 valence electrons. The second-order valence-electron chi connectivity index (χ2n) is 5.63. The van der Waals surface area contributed by atoms with Crippen molar-refractivity contribution in [1.82, 2.24) is 15.1 Å². The van der Waals surface area contributed by atoms with Crippen LogP contribution < -0.4 is 5.32 Å². The molecule has 0 aromatic carbocycles. The van der Waals surface area contributed by atoms with Gasteiger partial charge in [0.25, 0.3) is 0 Å². The van der Waals surface area contributed by atoms with Crippen LogP contribution in [0.1, 0.15) is 33.1 Å².